The van der Waals surface area contributed by atoms with Crippen LogP contribution in [0.15, 0.2) is 84.9 Å². The molecule has 3 aromatic rings. The van der Waals surface area contributed by atoms with Gasteiger partial charge in [-0.15, -0.1) is 0 Å². The van der Waals surface area contributed by atoms with Gasteiger partial charge in [-0.1, -0.05) is 84.9 Å². The number of carbonyl (C=O) groups excluding carboxylic acids is 2. The number of aliphatic hydroxyl groups excluding tert-OH is 3. The molecule has 0 aromatic heterocycles. The summed E-state index contributed by atoms with van der Waals surface area (Å²) in [6, 6.07) is 25.3. The van der Waals surface area contributed by atoms with Gasteiger partial charge in [-0.05, 0) is 62.3 Å². The number of hydrogen-bond donors (Lipinski definition) is 6. The van der Waals surface area contributed by atoms with Crippen LogP contribution in [0.3, 0.4) is 0 Å². The molecule has 6 N–H and O–H groups in total. The minimum atomic E-state index is -1.01. The number of hydrogen-bond acceptors (Lipinski definition) is 7. The number of fused-ring (bicyclic) bond motifs is 1. The van der Waals surface area contributed by atoms with E-state index in [2.05, 4.69) is 16.0 Å². The molecular formula is C35H45N3O6. The number of alkyl carbamates (subject to hydrolysis) is 1. The van der Waals surface area contributed by atoms with E-state index in [1.807, 2.05) is 84.9 Å². The molecule has 3 aromatic carbocycles. The Hall–Kier alpha value is -3.76. The zero-order chi connectivity index (χ0) is 31.7. The van der Waals surface area contributed by atoms with Gasteiger partial charge in [0.15, 0.2) is 0 Å². The molecule has 0 saturated carbocycles. The molecule has 9 nitrogen and oxygen atoms in total. The summed E-state index contributed by atoms with van der Waals surface area (Å²) in [7, 11) is 0. The third-order valence-electron chi connectivity index (χ3n) is 7.75. The molecule has 4 rings (SSSR count). The average Bonchev–Trinajstić information content (AvgIpc) is 3.32. The van der Waals surface area contributed by atoms with Crippen LogP contribution in [0.5, 0.6) is 0 Å². The predicted octanol–water partition coefficient (Wildman–Crippen LogP) is 2.86. The molecule has 236 valence electrons. The second-order valence-electron chi connectivity index (χ2n) is 12.5. The van der Waals surface area contributed by atoms with Crippen molar-refractivity contribution in [2.24, 2.45) is 0 Å². The minimum absolute atomic E-state index is 0.0726. The molecule has 5 unspecified atom stereocenters. The van der Waals surface area contributed by atoms with Crippen molar-refractivity contribution in [1.82, 2.24) is 16.0 Å². The zero-order valence-corrected chi connectivity index (χ0v) is 25.6. The van der Waals surface area contributed by atoms with Gasteiger partial charge < -0.3 is 36.0 Å². The maximum Gasteiger partial charge on any atom is 0.407 e. The van der Waals surface area contributed by atoms with Crippen molar-refractivity contribution in [1.29, 1.82) is 0 Å². The highest BCUT2D eigenvalue weighted by atomic mass is 16.6. The van der Waals surface area contributed by atoms with E-state index < -0.39 is 48.0 Å². The van der Waals surface area contributed by atoms with Gasteiger partial charge in [-0.2, -0.15) is 0 Å². The Morgan fingerprint density at radius 3 is 1.84 bits per heavy atom. The van der Waals surface area contributed by atoms with E-state index >= 15 is 0 Å². The van der Waals surface area contributed by atoms with Crippen LogP contribution in [-0.4, -0.2) is 76.4 Å². The van der Waals surface area contributed by atoms with Crippen molar-refractivity contribution < 1.29 is 29.6 Å². The van der Waals surface area contributed by atoms with Crippen molar-refractivity contribution in [3.8, 4) is 0 Å². The minimum Gasteiger partial charge on any atom is -0.444 e. The number of benzene rings is 3. The molecule has 1 aliphatic rings. The van der Waals surface area contributed by atoms with Crippen LogP contribution in [0, 0.1) is 0 Å². The molecular weight excluding hydrogens is 558 g/mol. The Morgan fingerprint density at radius 1 is 0.795 bits per heavy atom. The Kier molecular flexibility index (Phi) is 11.5. The number of ether oxygens (including phenoxy) is 1. The van der Waals surface area contributed by atoms with E-state index in [9.17, 15) is 24.9 Å². The number of amides is 2. The normalized spacial score (nSPS) is 18.9. The van der Waals surface area contributed by atoms with Crippen LogP contribution < -0.4 is 16.0 Å². The van der Waals surface area contributed by atoms with Gasteiger partial charge in [-0.3, -0.25) is 4.79 Å². The van der Waals surface area contributed by atoms with Gasteiger partial charge in [0, 0.05) is 13.1 Å². The number of carbonyl (C=O) groups is 2. The lowest BCUT2D eigenvalue weighted by atomic mass is 9.96. The molecule has 9 heteroatoms. The first-order valence-corrected chi connectivity index (χ1v) is 15.2. The lowest BCUT2D eigenvalue weighted by Crippen LogP contribution is -2.53. The fraction of sp³-hybridized carbons (Fsp3) is 0.429. The first-order chi connectivity index (χ1) is 21.0. The van der Waals surface area contributed by atoms with Crippen LogP contribution in [0.25, 0.3) is 0 Å². The van der Waals surface area contributed by atoms with Crippen molar-refractivity contribution >= 4 is 12.0 Å². The quantitative estimate of drug-likeness (QED) is 0.177. The highest BCUT2D eigenvalue weighted by Gasteiger charge is 2.37. The molecule has 0 fully saturated rings. The maximum atomic E-state index is 13.5. The van der Waals surface area contributed by atoms with Crippen LogP contribution in [-0.2, 0) is 28.8 Å². The summed E-state index contributed by atoms with van der Waals surface area (Å²) in [5, 5.41) is 42.0. The predicted molar refractivity (Wildman–Crippen MR) is 169 cm³/mol. The first kappa shape index (κ1) is 33.1. The summed E-state index contributed by atoms with van der Waals surface area (Å²) >= 11 is 0. The lowest BCUT2D eigenvalue weighted by molar-refractivity contribution is -0.126. The zero-order valence-electron chi connectivity index (χ0n) is 25.6. The van der Waals surface area contributed by atoms with Crippen molar-refractivity contribution in [3.05, 3.63) is 107 Å². The maximum absolute atomic E-state index is 13.5. The van der Waals surface area contributed by atoms with E-state index in [0.717, 1.165) is 22.3 Å². The molecule has 0 bridgehead atoms. The Bertz CT molecular complexity index is 1350. The smallest absolute Gasteiger partial charge is 0.407 e. The largest absolute Gasteiger partial charge is 0.444 e. The number of rotatable bonds is 13. The van der Waals surface area contributed by atoms with Gasteiger partial charge >= 0.3 is 6.09 Å². The van der Waals surface area contributed by atoms with E-state index in [1.165, 1.54) is 0 Å². The second-order valence-corrected chi connectivity index (χ2v) is 12.5. The second kappa shape index (κ2) is 15.3. The number of aliphatic hydroxyl groups is 3. The van der Waals surface area contributed by atoms with Crippen molar-refractivity contribution in [2.45, 2.75) is 81.9 Å². The third kappa shape index (κ3) is 9.62. The third-order valence-corrected chi connectivity index (χ3v) is 7.75. The van der Waals surface area contributed by atoms with Gasteiger partial charge in [0.2, 0.25) is 5.91 Å². The lowest BCUT2D eigenvalue weighted by Gasteiger charge is -2.29. The summed E-state index contributed by atoms with van der Waals surface area (Å²) < 4.78 is 5.42. The molecule has 0 heterocycles. The van der Waals surface area contributed by atoms with E-state index in [4.69, 9.17) is 4.74 Å². The summed E-state index contributed by atoms with van der Waals surface area (Å²) in [5.41, 5.74) is 2.93. The summed E-state index contributed by atoms with van der Waals surface area (Å²) in [6.07, 6.45) is -2.31. The molecule has 44 heavy (non-hydrogen) atoms. The van der Waals surface area contributed by atoms with Gasteiger partial charge in [0.1, 0.15) is 5.60 Å². The summed E-state index contributed by atoms with van der Waals surface area (Å²) in [4.78, 5) is 26.0. The Balaban J connectivity index is 1.40. The summed E-state index contributed by atoms with van der Waals surface area (Å²) in [6.45, 7) is 5.47. The Labute approximate surface area is 259 Å². The molecule has 0 radical (unpaired) electrons. The standard InChI is InChI=1S/C35H45N3O6/c1-35(2,3)44-34(43)38-28(19-24-14-8-5-9-15-24)31(41)22-36-21-30(40)27(18-23-12-6-4-7-13-23)37-33(42)32-26-17-11-10-16-25(26)20-29(32)39/h4-17,27-32,36,39-41H,18-22H2,1-3H3,(H,37,42)(H,38,43)/t27?,28-,29?,30?,31?,32?/m0/s1. The molecule has 6 atom stereocenters. The molecule has 0 saturated heterocycles. The van der Waals surface area contributed by atoms with Gasteiger partial charge in [-0.25, -0.2) is 4.79 Å². The van der Waals surface area contributed by atoms with Crippen LogP contribution in [0.4, 0.5) is 4.79 Å². The monoisotopic (exact) mass is 603 g/mol. The fourth-order valence-electron chi connectivity index (χ4n) is 5.59. The molecule has 2 amide bonds. The molecule has 0 spiro atoms. The SMILES string of the molecule is CC(C)(C)OC(=O)N[C@@H](Cc1ccccc1)C(O)CNCC(O)C(Cc1ccccc1)NC(=O)C1c2ccccc2CC1O. The van der Waals surface area contributed by atoms with Gasteiger partial charge in [0.05, 0.1) is 36.3 Å². The van der Waals surface area contributed by atoms with Crippen molar-refractivity contribution in [3.63, 3.8) is 0 Å². The molecule has 0 aliphatic heterocycles. The van der Waals surface area contributed by atoms with Crippen LogP contribution in [0.1, 0.15) is 48.9 Å². The average molecular weight is 604 g/mol. The van der Waals surface area contributed by atoms with E-state index in [-0.39, 0.29) is 19.0 Å². The Morgan fingerprint density at radius 2 is 1.30 bits per heavy atom. The first-order valence-electron chi connectivity index (χ1n) is 15.2. The molecule has 1 aliphatic carbocycles. The van der Waals surface area contributed by atoms with E-state index in [0.29, 0.717) is 19.3 Å². The van der Waals surface area contributed by atoms with Gasteiger partial charge in [0.25, 0.3) is 0 Å². The number of nitrogens with one attached hydrogen (secondary N) is 3. The van der Waals surface area contributed by atoms with Crippen LogP contribution in [0.2, 0.25) is 0 Å². The fourth-order valence-corrected chi connectivity index (χ4v) is 5.59. The summed E-state index contributed by atoms with van der Waals surface area (Å²) in [5.74, 6) is -1.06. The van der Waals surface area contributed by atoms with Crippen LogP contribution >= 0.6 is 0 Å². The highest BCUT2D eigenvalue weighted by molar-refractivity contribution is 5.86. The topological polar surface area (TPSA) is 140 Å². The van der Waals surface area contributed by atoms with Crippen molar-refractivity contribution in [2.75, 3.05) is 13.1 Å². The highest BCUT2D eigenvalue weighted by Crippen LogP contribution is 2.33. The van der Waals surface area contributed by atoms with E-state index in [1.54, 1.807) is 20.8 Å².